The Kier molecular flexibility index (Phi) is 4.79. The maximum absolute atomic E-state index is 13.0. The molecule has 0 saturated heterocycles. The van der Waals surface area contributed by atoms with Crippen LogP contribution in [0.1, 0.15) is 11.3 Å². The molecule has 2 aromatic carbocycles. The largest absolute Gasteiger partial charge is 0.495 e. The Hall–Kier alpha value is -3.15. The van der Waals surface area contributed by atoms with Gasteiger partial charge in [0.25, 0.3) is 0 Å². The Morgan fingerprint density at radius 1 is 0.920 bits per heavy atom. The van der Waals surface area contributed by atoms with Gasteiger partial charge in [0, 0.05) is 17.4 Å². The zero-order valence-electron chi connectivity index (χ0n) is 14.3. The predicted molar refractivity (Wildman–Crippen MR) is 97.5 cm³/mol. The van der Waals surface area contributed by atoms with Crippen LogP contribution in [0.5, 0.6) is 5.75 Å². The number of hydrogen-bond acceptors (Lipinski definition) is 5. The van der Waals surface area contributed by atoms with E-state index in [0.717, 1.165) is 22.7 Å². The van der Waals surface area contributed by atoms with Crippen LogP contribution >= 0.6 is 0 Å². The van der Waals surface area contributed by atoms with Gasteiger partial charge in [-0.25, -0.2) is 9.37 Å². The van der Waals surface area contributed by atoms with Crippen LogP contribution in [0.3, 0.4) is 0 Å². The van der Waals surface area contributed by atoms with Gasteiger partial charge in [0.2, 0.25) is 5.95 Å². The Morgan fingerprint density at radius 2 is 1.68 bits per heavy atom. The van der Waals surface area contributed by atoms with Gasteiger partial charge < -0.3 is 15.4 Å². The van der Waals surface area contributed by atoms with Gasteiger partial charge in [0.15, 0.2) is 0 Å². The van der Waals surface area contributed by atoms with E-state index in [1.165, 1.54) is 12.1 Å². The van der Waals surface area contributed by atoms with Crippen LogP contribution in [0.4, 0.5) is 27.5 Å². The third-order valence-corrected chi connectivity index (χ3v) is 3.57. The number of halogens is 1. The molecule has 1 aromatic heterocycles. The molecule has 3 rings (SSSR count). The molecule has 0 unspecified atom stereocenters. The van der Waals surface area contributed by atoms with Crippen molar-refractivity contribution >= 4 is 23.1 Å². The van der Waals surface area contributed by atoms with Crippen molar-refractivity contribution in [3.8, 4) is 5.75 Å². The highest BCUT2D eigenvalue weighted by Gasteiger charge is 2.07. The maximum Gasteiger partial charge on any atom is 0.229 e. The molecule has 0 fully saturated rings. The van der Waals surface area contributed by atoms with E-state index in [0.29, 0.717) is 17.5 Å². The lowest BCUT2D eigenvalue weighted by molar-refractivity contribution is 0.416. The number of benzene rings is 2. The number of hydrogen-bond donors (Lipinski definition) is 2. The topological polar surface area (TPSA) is 59.1 Å². The Balaban J connectivity index is 1.87. The molecular weight excluding hydrogens is 319 g/mol. The Bertz CT molecular complexity index is 881. The maximum atomic E-state index is 13.0. The number of rotatable bonds is 5. The van der Waals surface area contributed by atoms with Crippen molar-refractivity contribution in [3.05, 3.63) is 65.6 Å². The first kappa shape index (κ1) is 16.7. The van der Waals surface area contributed by atoms with E-state index in [4.69, 9.17) is 4.74 Å². The smallest absolute Gasteiger partial charge is 0.229 e. The second-order valence-electron chi connectivity index (χ2n) is 5.68. The Morgan fingerprint density at radius 3 is 2.40 bits per heavy atom. The third kappa shape index (κ3) is 4.23. The summed E-state index contributed by atoms with van der Waals surface area (Å²) < 4.78 is 18.4. The minimum Gasteiger partial charge on any atom is -0.495 e. The molecule has 0 bridgehead atoms. The fraction of sp³-hybridized carbons (Fsp3) is 0.158. The van der Waals surface area contributed by atoms with Gasteiger partial charge in [0.05, 0.1) is 12.8 Å². The molecule has 0 aliphatic heterocycles. The summed E-state index contributed by atoms with van der Waals surface area (Å²) in [6.45, 7) is 3.90. The summed E-state index contributed by atoms with van der Waals surface area (Å²) in [4.78, 5) is 8.84. The second kappa shape index (κ2) is 7.17. The molecular formula is C19H19FN4O. The van der Waals surface area contributed by atoms with Crippen molar-refractivity contribution in [2.75, 3.05) is 17.7 Å². The van der Waals surface area contributed by atoms with E-state index in [1.807, 2.05) is 38.1 Å². The van der Waals surface area contributed by atoms with Crippen LogP contribution in [0, 0.1) is 19.7 Å². The van der Waals surface area contributed by atoms with E-state index in [-0.39, 0.29) is 5.82 Å². The van der Waals surface area contributed by atoms with Crippen LogP contribution < -0.4 is 15.4 Å². The quantitative estimate of drug-likeness (QED) is 0.704. The van der Waals surface area contributed by atoms with Crippen LogP contribution in [0.2, 0.25) is 0 Å². The average Bonchev–Trinajstić information content (AvgIpc) is 2.57. The number of methoxy groups -OCH3 is 1. The molecule has 0 spiro atoms. The molecule has 2 N–H and O–H groups in total. The van der Waals surface area contributed by atoms with E-state index in [9.17, 15) is 4.39 Å². The van der Waals surface area contributed by atoms with Gasteiger partial charge >= 0.3 is 0 Å². The standard InChI is InChI=1S/C19H19FN4O/c1-12-4-9-17(25-3)16(10-12)23-18-11-13(2)21-19(24-18)22-15-7-5-14(20)6-8-15/h4-11H,1-3H3,(H2,21,22,23,24). The molecule has 0 saturated carbocycles. The number of ether oxygens (including phenoxy) is 1. The lowest BCUT2D eigenvalue weighted by atomic mass is 10.2. The number of nitrogens with one attached hydrogen (secondary N) is 2. The van der Waals surface area contributed by atoms with Crippen molar-refractivity contribution < 1.29 is 9.13 Å². The highest BCUT2D eigenvalue weighted by Crippen LogP contribution is 2.28. The fourth-order valence-corrected chi connectivity index (χ4v) is 2.41. The van der Waals surface area contributed by atoms with Gasteiger partial charge in [-0.1, -0.05) is 6.07 Å². The van der Waals surface area contributed by atoms with Gasteiger partial charge in [-0.3, -0.25) is 0 Å². The summed E-state index contributed by atoms with van der Waals surface area (Å²) in [7, 11) is 1.63. The minimum atomic E-state index is -0.287. The van der Waals surface area contributed by atoms with Gasteiger partial charge in [0.1, 0.15) is 17.4 Å². The predicted octanol–water partition coefficient (Wildman–Crippen LogP) is 4.73. The second-order valence-corrected chi connectivity index (χ2v) is 5.68. The fourth-order valence-electron chi connectivity index (χ4n) is 2.41. The van der Waals surface area contributed by atoms with Gasteiger partial charge in [-0.05, 0) is 55.8 Å². The van der Waals surface area contributed by atoms with Crippen LogP contribution in [0.15, 0.2) is 48.5 Å². The molecule has 128 valence electrons. The summed E-state index contributed by atoms with van der Waals surface area (Å²) in [5.74, 6) is 1.52. The van der Waals surface area contributed by atoms with Crippen molar-refractivity contribution in [3.63, 3.8) is 0 Å². The van der Waals surface area contributed by atoms with E-state index in [1.54, 1.807) is 19.2 Å². The molecule has 3 aromatic rings. The number of anilines is 4. The number of nitrogens with zero attached hydrogens (tertiary/aromatic N) is 2. The third-order valence-electron chi connectivity index (χ3n) is 3.57. The Labute approximate surface area is 145 Å². The summed E-state index contributed by atoms with van der Waals surface area (Å²) >= 11 is 0. The zero-order valence-corrected chi connectivity index (χ0v) is 14.3. The molecule has 0 aliphatic rings. The van der Waals surface area contributed by atoms with Crippen LogP contribution in [-0.2, 0) is 0 Å². The highest BCUT2D eigenvalue weighted by molar-refractivity contribution is 5.66. The molecule has 5 nitrogen and oxygen atoms in total. The van der Waals surface area contributed by atoms with E-state index >= 15 is 0 Å². The summed E-state index contributed by atoms with van der Waals surface area (Å²) in [5.41, 5.74) is 3.45. The number of aryl methyl sites for hydroxylation is 2. The van der Waals surface area contributed by atoms with Crippen molar-refractivity contribution in [1.82, 2.24) is 9.97 Å². The lowest BCUT2D eigenvalue weighted by Gasteiger charge is -2.13. The van der Waals surface area contributed by atoms with E-state index in [2.05, 4.69) is 20.6 Å². The molecule has 0 radical (unpaired) electrons. The molecule has 0 aliphatic carbocycles. The molecule has 0 amide bonds. The average molecular weight is 338 g/mol. The molecule has 1 heterocycles. The number of aromatic nitrogens is 2. The zero-order chi connectivity index (χ0) is 17.8. The van der Waals surface area contributed by atoms with Crippen LogP contribution in [0.25, 0.3) is 0 Å². The monoisotopic (exact) mass is 338 g/mol. The summed E-state index contributed by atoms with van der Waals surface area (Å²) in [6.07, 6.45) is 0. The van der Waals surface area contributed by atoms with Crippen LogP contribution in [-0.4, -0.2) is 17.1 Å². The molecule has 0 atom stereocenters. The first-order chi connectivity index (χ1) is 12.0. The normalized spacial score (nSPS) is 10.4. The molecule has 6 heteroatoms. The van der Waals surface area contributed by atoms with Gasteiger partial charge in [-0.2, -0.15) is 4.98 Å². The van der Waals surface area contributed by atoms with Crippen molar-refractivity contribution in [1.29, 1.82) is 0 Å². The minimum absolute atomic E-state index is 0.287. The van der Waals surface area contributed by atoms with Gasteiger partial charge in [-0.15, -0.1) is 0 Å². The van der Waals surface area contributed by atoms with Crippen molar-refractivity contribution in [2.24, 2.45) is 0 Å². The van der Waals surface area contributed by atoms with E-state index < -0.39 is 0 Å². The highest BCUT2D eigenvalue weighted by atomic mass is 19.1. The SMILES string of the molecule is COc1ccc(C)cc1Nc1cc(C)nc(Nc2ccc(F)cc2)n1. The lowest BCUT2D eigenvalue weighted by Crippen LogP contribution is -2.03. The van der Waals surface area contributed by atoms with Crippen molar-refractivity contribution in [2.45, 2.75) is 13.8 Å². The molecule has 25 heavy (non-hydrogen) atoms. The first-order valence-electron chi connectivity index (χ1n) is 7.83. The summed E-state index contributed by atoms with van der Waals surface area (Å²) in [5, 5.41) is 6.34. The first-order valence-corrected chi connectivity index (χ1v) is 7.83. The summed E-state index contributed by atoms with van der Waals surface area (Å²) in [6, 6.07) is 13.8.